The molecule has 5 aromatic rings. The Hall–Kier alpha value is -3.87. The zero-order valence-corrected chi connectivity index (χ0v) is 15.4. The van der Waals surface area contributed by atoms with Crippen LogP contribution in [0.15, 0.2) is 48.8 Å². The molecule has 0 radical (unpaired) electrons. The number of hydrogen-bond donors (Lipinski definition) is 2. The molecule has 138 valence electrons. The van der Waals surface area contributed by atoms with E-state index >= 15 is 0 Å². The molecule has 0 amide bonds. The molecule has 3 heterocycles. The molecule has 0 saturated heterocycles. The van der Waals surface area contributed by atoms with Gasteiger partial charge in [0.15, 0.2) is 11.5 Å². The van der Waals surface area contributed by atoms with Crippen LogP contribution in [0.3, 0.4) is 0 Å². The molecule has 0 unspecified atom stereocenters. The number of nitrogens with two attached hydrogens (primary N) is 1. The fourth-order valence-corrected chi connectivity index (χ4v) is 3.51. The predicted molar refractivity (Wildman–Crippen MR) is 110 cm³/mol. The first-order chi connectivity index (χ1) is 13.7. The van der Waals surface area contributed by atoms with E-state index in [-0.39, 0.29) is 0 Å². The van der Waals surface area contributed by atoms with Crippen molar-refractivity contribution in [3.8, 4) is 22.8 Å². The standard InChI is InChI=1S/C21H17N5O2/c1-27-19-7-14-13-6-17(11-3-4-16-12(5-11)9-24-26-16)25-21(22)15(13)10-23-18(14)8-20(19)28-2/h3-10H,1-2H3,(H2,22,25)(H,24,26). The van der Waals surface area contributed by atoms with Gasteiger partial charge in [-0.2, -0.15) is 5.10 Å². The quantitative estimate of drug-likeness (QED) is 0.466. The summed E-state index contributed by atoms with van der Waals surface area (Å²) in [4.78, 5) is 9.12. The molecule has 5 rings (SSSR count). The van der Waals surface area contributed by atoms with Gasteiger partial charge >= 0.3 is 0 Å². The number of ether oxygens (including phenoxy) is 2. The Balaban J connectivity index is 1.80. The number of methoxy groups -OCH3 is 2. The molecule has 0 spiro atoms. The average Bonchev–Trinajstić information content (AvgIpc) is 3.20. The van der Waals surface area contributed by atoms with Crippen LogP contribution in [0.5, 0.6) is 11.5 Å². The third-order valence-corrected chi connectivity index (χ3v) is 4.95. The van der Waals surface area contributed by atoms with E-state index in [1.54, 1.807) is 26.6 Å². The third-order valence-electron chi connectivity index (χ3n) is 4.95. The Morgan fingerprint density at radius 1 is 0.893 bits per heavy atom. The molecule has 0 aliphatic carbocycles. The molecule has 0 saturated carbocycles. The van der Waals surface area contributed by atoms with Gasteiger partial charge < -0.3 is 15.2 Å². The second kappa shape index (κ2) is 6.09. The number of nitrogens with one attached hydrogen (secondary N) is 1. The van der Waals surface area contributed by atoms with E-state index in [2.05, 4.69) is 20.2 Å². The van der Waals surface area contributed by atoms with E-state index in [4.69, 9.17) is 15.2 Å². The number of anilines is 1. The lowest BCUT2D eigenvalue weighted by Gasteiger charge is -2.12. The number of hydrogen-bond acceptors (Lipinski definition) is 6. The van der Waals surface area contributed by atoms with E-state index in [0.717, 1.165) is 43.8 Å². The summed E-state index contributed by atoms with van der Waals surface area (Å²) in [6, 6.07) is 11.8. The maximum Gasteiger partial charge on any atom is 0.162 e. The highest BCUT2D eigenvalue weighted by atomic mass is 16.5. The van der Waals surface area contributed by atoms with Gasteiger partial charge in [-0.1, -0.05) is 6.07 Å². The SMILES string of the molecule is COc1cc2ncc3c(N)nc(-c4ccc5[nH]ncc5c4)cc3c2cc1OC. The topological polar surface area (TPSA) is 98.9 Å². The highest BCUT2D eigenvalue weighted by Crippen LogP contribution is 2.37. The van der Waals surface area contributed by atoms with Gasteiger partial charge in [0, 0.05) is 34.0 Å². The Labute approximate surface area is 160 Å². The summed E-state index contributed by atoms with van der Waals surface area (Å²) in [6.45, 7) is 0. The second-order valence-corrected chi connectivity index (χ2v) is 6.51. The monoisotopic (exact) mass is 371 g/mol. The zero-order valence-electron chi connectivity index (χ0n) is 15.4. The first-order valence-corrected chi connectivity index (χ1v) is 8.72. The number of benzene rings is 2. The molecular formula is C21H17N5O2. The van der Waals surface area contributed by atoms with Gasteiger partial charge in [-0.15, -0.1) is 0 Å². The summed E-state index contributed by atoms with van der Waals surface area (Å²) in [5, 5.41) is 10.7. The summed E-state index contributed by atoms with van der Waals surface area (Å²) in [7, 11) is 3.22. The van der Waals surface area contributed by atoms with Crippen LogP contribution in [0.1, 0.15) is 0 Å². The minimum atomic E-state index is 0.434. The van der Waals surface area contributed by atoms with Crippen molar-refractivity contribution >= 4 is 38.4 Å². The third kappa shape index (κ3) is 2.40. The number of pyridine rings is 2. The number of aromatic amines is 1. The molecule has 0 aliphatic rings. The summed E-state index contributed by atoms with van der Waals surface area (Å²) in [6.07, 6.45) is 3.54. The summed E-state index contributed by atoms with van der Waals surface area (Å²) in [5.41, 5.74) is 9.81. The van der Waals surface area contributed by atoms with Crippen LogP contribution in [0, 0.1) is 0 Å². The number of fused-ring (bicyclic) bond motifs is 4. The molecular weight excluding hydrogens is 354 g/mol. The van der Waals surface area contributed by atoms with Gasteiger partial charge in [0.05, 0.1) is 37.1 Å². The smallest absolute Gasteiger partial charge is 0.162 e. The van der Waals surface area contributed by atoms with Crippen LogP contribution in [0.25, 0.3) is 43.8 Å². The second-order valence-electron chi connectivity index (χ2n) is 6.51. The Bertz CT molecular complexity index is 1360. The van der Waals surface area contributed by atoms with Crippen LogP contribution in [0.2, 0.25) is 0 Å². The normalized spacial score (nSPS) is 11.4. The fourth-order valence-electron chi connectivity index (χ4n) is 3.51. The van der Waals surface area contributed by atoms with Crippen molar-refractivity contribution in [2.45, 2.75) is 0 Å². The summed E-state index contributed by atoms with van der Waals surface area (Å²) < 4.78 is 10.9. The van der Waals surface area contributed by atoms with E-state index in [9.17, 15) is 0 Å². The number of H-pyrrole nitrogens is 1. The lowest BCUT2D eigenvalue weighted by Crippen LogP contribution is -1.97. The first-order valence-electron chi connectivity index (χ1n) is 8.72. The zero-order chi connectivity index (χ0) is 19.3. The van der Waals surface area contributed by atoms with E-state index < -0.39 is 0 Å². The molecule has 0 atom stereocenters. The summed E-state index contributed by atoms with van der Waals surface area (Å²) in [5.74, 6) is 1.71. The molecule has 7 nitrogen and oxygen atoms in total. The minimum absolute atomic E-state index is 0.434. The Morgan fingerprint density at radius 3 is 2.54 bits per heavy atom. The van der Waals surface area contributed by atoms with Crippen molar-refractivity contribution in [2.24, 2.45) is 0 Å². The predicted octanol–water partition coefficient (Wildman–Crippen LogP) is 3.93. The van der Waals surface area contributed by atoms with Crippen molar-refractivity contribution in [1.29, 1.82) is 0 Å². The molecule has 0 aliphatic heterocycles. The van der Waals surface area contributed by atoms with E-state index in [1.165, 1.54) is 0 Å². The van der Waals surface area contributed by atoms with Gasteiger partial charge in [-0.3, -0.25) is 10.1 Å². The number of aromatic nitrogens is 4. The van der Waals surface area contributed by atoms with Crippen LogP contribution in [0.4, 0.5) is 5.82 Å². The van der Waals surface area contributed by atoms with Crippen molar-refractivity contribution in [3.05, 3.63) is 48.8 Å². The first kappa shape index (κ1) is 16.3. The van der Waals surface area contributed by atoms with Crippen LogP contribution < -0.4 is 15.2 Å². The highest BCUT2D eigenvalue weighted by molar-refractivity contribution is 6.10. The molecule has 7 heteroatoms. The lowest BCUT2D eigenvalue weighted by atomic mass is 10.0. The molecule has 3 N–H and O–H groups in total. The van der Waals surface area contributed by atoms with Crippen molar-refractivity contribution in [1.82, 2.24) is 20.2 Å². The number of rotatable bonds is 3. The van der Waals surface area contributed by atoms with Gasteiger partial charge in [-0.25, -0.2) is 4.98 Å². The minimum Gasteiger partial charge on any atom is -0.493 e. The number of nitrogen functional groups attached to an aromatic ring is 1. The van der Waals surface area contributed by atoms with Crippen molar-refractivity contribution in [3.63, 3.8) is 0 Å². The van der Waals surface area contributed by atoms with E-state index in [0.29, 0.717) is 17.3 Å². The Kier molecular flexibility index (Phi) is 3.55. The summed E-state index contributed by atoms with van der Waals surface area (Å²) >= 11 is 0. The largest absolute Gasteiger partial charge is 0.493 e. The van der Waals surface area contributed by atoms with Crippen molar-refractivity contribution in [2.75, 3.05) is 20.0 Å². The number of nitrogens with zero attached hydrogens (tertiary/aromatic N) is 3. The molecule has 3 aromatic heterocycles. The van der Waals surface area contributed by atoms with Gasteiger partial charge in [0.25, 0.3) is 0 Å². The maximum absolute atomic E-state index is 6.28. The van der Waals surface area contributed by atoms with Gasteiger partial charge in [0.1, 0.15) is 5.82 Å². The molecule has 0 fully saturated rings. The maximum atomic E-state index is 6.28. The van der Waals surface area contributed by atoms with Gasteiger partial charge in [-0.05, 0) is 29.7 Å². The molecule has 0 bridgehead atoms. The van der Waals surface area contributed by atoms with Crippen LogP contribution in [-0.2, 0) is 0 Å². The average molecular weight is 371 g/mol. The molecule has 2 aromatic carbocycles. The fraction of sp³-hybridized carbons (Fsp3) is 0.0952. The lowest BCUT2D eigenvalue weighted by molar-refractivity contribution is 0.356. The van der Waals surface area contributed by atoms with Crippen LogP contribution in [-0.4, -0.2) is 34.4 Å². The van der Waals surface area contributed by atoms with Crippen molar-refractivity contribution < 1.29 is 9.47 Å². The molecule has 28 heavy (non-hydrogen) atoms. The van der Waals surface area contributed by atoms with Crippen LogP contribution >= 0.6 is 0 Å². The Morgan fingerprint density at radius 2 is 1.71 bits per heavy atom. The van der Waals surface area contributed by atoms with Gasteiger partial charge in [0.2, 0.25) is 0 Å². The highest BCUT2D eigenvalue weighted by Gasteiger charge is 2.13. The van der Waals surface area contributed by atoms with E-state index in [1.807, 2.05) is 36.4 Å².